The molecule has 0 amide bonds. The molecule has 0 aliphatic carbocycles. The zero-order chi connectivity index (χ0) is 30.8. The van der Waals surface area contributed by atoms with Gasteiger partial charge in [-0.05, 0) is 106 Å². The summed E-state index contributed by atoms with van der Waals surface area (Å²) in [5.41, 5.74) is 6.22. The Bertz CT molecular complexity index is 759. The van der Waals surface area contributed by atoms with Crippen molar-refractivity contribution in [2.24, 2.45) is 5.92 Å². The molecular weight excluding hydrogens is 555 g/mol. The predicted octanol–water partition coefficient (Wildman–Crippen LogP) is 7.65. The molecule has 38 heavy (non-hydrogen) atoms. The van der Waals surface area contributed by atoms with Crippen LogP contribution in [0.2, 0.25) is 0 Å². The molecule has 0 saturated carbocycles. The summed E-state index contributed by atoms with van der Waals surface area (Å²) in [5, 5.41) is 12.0. The first kappa shape index (κ1) is 45.5. The van der Waals surface area contributed by atoms with E-state index in [1.165, 1.54) is 23.0 Å². The molecule has 8 nitrogen and oxygen atoms in total. The Labute approximate surface area is 236 Å². The Morgan fingerprint density at radius 2 is 1.13 bits per heavy atom. The van der Waals surface area contributed by atoms with Gasteiger partial charge >= 0.3 is 22.5 Å². The van der Waals surface area contributed by atoms with E-state index >= 15 is 0 Å². The van der Waals surface area contributed by atoms with Gasteiger partial charge in [0.2, 0.25) is 0 Å². The van der Waals surface area contributed by atoms with Crippen LogP contribution in [-0.4, -0.2) is 44.4 Å². The molecular formula is C29H50O8Se. The molecule has 9 heteroatoms. The first-order valence-electron chi connectivity index (χ1n) is 12.2. The molecule has 1 atom stereocenters. The summed E-state index contributed by atoms with van der Waals surface area (Å²) < 4.78 is 21.4. The van der Waals surface area contributed by atoms with E-state index in [0.717, 1.165) is 62.2 Å². The Hall–Kier alpha value is -2.45. The topological polar surface area (TPSA) is 135 Å². The van der Waals surface area contributed by atoms with Gasteiger partial charge in [-0.25, -0.2) is 0 Å². The van der Waals surface area contributed by atoms with Gasteiger partial charge in [0.1, 0.15) is 12.6 Å². The molecule has 0 heterocycles. The molecule has 0 aliphatic heterocycles. The first-order valence-corrected chi connectivity index (χ1v) is 13.6. The van der Waals surface area contributed by atoms with Crippen molar-refractivity contribution in [2.45, 2.75) is 101 Å². The number of carbonyl (C=O) groups is 3. The summed E-state index contributed by atoms with van der Waals surface area (Å²) in [6.07, 6.45) is 17.5. The van der Waals surface area contributed by atoms with Crippen molar-refractivity contribution in [3.05, 3.63) is 58.4 Å². The minimum Gasteiger partial charge on any atom is -0.255 e. The molecule has 0 aromatic rings. The van der Waals surface area contributed by atoms with Crippen LogP contribution < -0.4 is 0 Å². The van der Waals surface area contributed by atoms with E-state index in [2.05, 4.69) is 64.5 Å². The molecule has 0 saturated heterocycles. The number of hydrogen-bond acceptors (Lipinski definition) is 8. The van der Waals surface area contributed by atoms with Crippen molar-refractivity contribution in [3.63, 3.8) is 0 Å². The van der Waals surface area contributed by atoms with Crippen LogP contribution in [0.25, 0.3) is 0 Å². The average molecular weight is 606 g/mol. The Balaban J connectivity index is -0.000000132. The molecule has 0 bridgehead atoms. The molecule has 0 rings (SSSR count). The minimum absolute atomic E-state index is 0.218. The van der Waals surface area contributed by atoms with E-state index in [1.807, 2.05) is 20.8 Å². The number of ether oxygens (including phenoxy) is 1. The van der Waals surface area contributed by atoms with Gasteiger partial charge in [-0.1, -0.05) is 47.4 Å². The second kappa shape index (κ2) is 39.1. The van der Waals surface area contributed by atoms with Crippen molar-refractivity contribution in [2.75, 3.05) is 0 Å². The van der Waals surface area contributed by atoms with E-state index in [9.17, 15) is 14.4 Å². The molecule has 1 unspecified atom stereocenters. The van der Waals surface area contributed by atoms with Crippen molar-refractivity contribution in [3.8, 4) is 0 Å². The normalized spacial score (nSPS) is 10.3. The Morgan fingerprint density at radius 3 is 1.47 bits per heavy atom. The van der Waals surface area contributed by atoms with Crippen molar-refractivity contribution < 1.29 is 37.3 Å². The number of allylic oxidation sites excluding steroid dienone is 9. The standard InChI is InChI=1S/C10H16O2.C10H16O.C9H16O.O2Se.H2O2/c1-9(2)5-4-6-10(3)7-12-8-11;1-9(2)5-4-6-10(3)7-8-11;1-8(2)5-4-6-9(3)7-10;1-3-2;1-2/h5,7-8H,4,6H2,1-3H3;5,7-8H,4,6H2,1-3H3;5,7,9H,4,6H2,1-3H3;;1-2H/b2*10-7+;;;. The fourth-order valence-electron chi connectivity index (χ4n) is 2.28. The third kappa shape index (κ3) is 59.0. The predicted molar refractivity (Wildman–Crippen MR) is 154 cm³/mol. The van der Waals surface area contributed by atoms with Crippen molar-refractivity contribution in [1.29, 1.82) is 0 Å². The maximum atomic E-state index is 10.2. The summed E-state index contributed by atoms with van der Waals surface area (Å²) >= 11 is -1.62. The molecule has 0 fully saturated rings. The summed E-state index contributed by atoms with van der Waals surface area (Å²) in [6.45, 7) is 18.8. The largest absolute Gasteiger partial charge is 0.255 e. The fourth-order valence-corrected chi connectivity index (χ4v) is 2.28. The van der Waals surface area contributed by atoms with Crippen LogP contribution in [-0.2, 0) is 26.8 Å². The summed E-state index contributed by atoms with van der Waals surface area (Å²) in [7, 11) is 0. The van der Waals surface area contributed by atoms with Crippen molar-refractivity contribution in [1.82, 2.24) is 0 Å². The van der Waals surface area contributed by atoms with Crippen LogP contribution in [0.3, 0.4) is 0 Å². The molecule has 0 radical (unpaired) electrons. The fraction of sp³-hybridized carbons (Fsp3) is 0.552. The smallest absolute Gasteiger partial charge is 0.255 e. The molecule has 2 N–H and O–H groups in total. The van der Waals surface area contributed by atoms with E-state index < -0.39 is 14.8 Å². The van der Waals surface area contributed by atoms with Gasteiger partial charge in [0.05, 0.1) is 6.26 Å². The number of carbonyl (C=O) groups excluding carboxylic acids is 3. The summed E-state index contributed by atoms with van der Waals surface area (Å²) in [4.78, 5) is 30.0. The zero-order valence-electron chi connectivity index (χ0n) is 24.7. The van der Waals surface area contributed by atoms with Gasteiger partial charge in [0.25, 0.3) is 6.47 Å². The van der Waals surface area contributed by atoms with Gasteiger partial charge in [-0.3, -0.25) is 20.1 Å². The van der Waals surface area contributed by atoms with Crippen LogP contribution in [0.1, 0.15) is 101 Å². The Morgan fingerprint density at radius 1 is 0.737 bits per heavy atom. The van der Waals surface area contributed by atoms with Crippen LogP contribution >= 0.6 is 0 Å². The molecule has 220 valence electrons. The summed E-state index contributed by atoms with van der Waals surface area (Å²) in [5.74, 6) is 0.218. The SMILES string of the molecule is CC(C)=CCC/C(C)=C/C=O.CC(C)=CCC/C(C)=C/OC=O.CC(C)=CCCC(C)C=O.O=[Se]=O.OO. The average Bonchev–Trinajstić information content (AvgIpc) is 2.84. The van der Waals surface area contributed by atoms with Gasteiger partial charge in [0, 0.05) is 5.92 Å². The third-order valence-electron chi connectivity index (χ3n) is 4.27. The Kier molecular flexibility index (Phi) is 46.7. The molecule has 0 spiro atoms. The van der Waals surface area contributed by atoms with E-state index in [0.29, 0.717) is 6.47 Å². The van der Waals surface area contributed by atoms with Crippen LogP contribution in [0.15, 0.2) is 58.4 Å². The van der Waals surface area contributed by atoms with Gasteiger partial charge in [0.15, 0.2) is 0 Å². The number of aldehydes is 2. The van der Waals surface area contributed by atoms with Crippen LogP contribution in [0.4, 0.5) is 0 Å². The van der Waals surface area contributed by atoms with E-state index in [-0.39, 0.29) is 5.92 Å². The van der Waals surface area contributed by atoms with E-state index in [1.54, 1.807) is 6.08 Å². The molecule has 0 aromatic heterocycles. The van der Waals surface area contributed by atoms with Crippen molar-refractivity contribution >= 4 is 33.9 Å². The molecule has 0 aliphatic rings. The number of rotatable bonds is 13. The monoisotopic (exact) mass is 606 g/mol. The quantitative estimate of drug-likeness (QED) is 0.0416. The third-order valence-corrected chi connectivity index (χ3v) is 4.27. The van der Waals surface area contributed by atoms with Gasteiger partial charge in [-0.15, -0.1) is 0 Å². The molecule has 0 aromatic carbocycles. The number of hydrogen-bond donors (Lipinski definition) is 2. The second-order valence-corrected chi connectivity index (χ2v) is 9.31. The van der Waals surface area contributed by atoms with E-state index in [4.69, 9.17) is 18.2 Å². The maximum Gasteiger partial charge on any atom is -0.255 e. The van der Waals surface area contributed by atoms with Crippen LogP contribution in [0.5, 0.6) is 0 Å². The summed E-state index contributed by atoms with van der Waals surface area (Å²) in [6, 6.07) is 0. The van der Waals surface area contributed by atoms with Gasteiger partial charge < -0.3 is 9.53 Å². The second-order valence-electron chi connectivity index (χ2n) is 9.03. The first-order chi connectivity index (χ1) is 17.9. The van der Waals surface area contributed by atoms with Crippen LogP contribution in [0, 0.1) is 5.92 Å². The zero-order valence-corrected chi connectivity index (χ0v) is 26.4. The van der Waals surface area contributed by atoms with Gasteiger partial charge in [-0.2, -0.15) is 0 Å². The minimum atomic E-state index is -1.62. The maximum absolute atomic E-state index is 10.2.